The number of piperazine rings is 1. The summed E-state index contributed by atoms with van der Waals surface area (Å²) in [5, 5.41) is 8.89. The van der Waals surface area contributed by atoms with Gasteiger partial charge in [0.25, 0.3) is 5.91 Å². The summed E-state index contributed by atoms with van der Waals surface area (Å²) < 4.78 is 5.33. The molecule has 1 unspecified atom stereocenters. The molecular formula is C33H35N5O3. The number of rotatable bonds is 8. The van der Waals surface area contributed by atoms with Gasteiger partial charge in [0.05, 0.1) is 18.8 Å². The Morgan fingerprint density at radius 1 is 0.878 bits per heavy atom. The van der Waals surface area contributed by atoms with Gasteiger partial charge in [0.1, 0.15) is 12.3 Å². The highest BCUT2D eigenvalue weighted by Crippen LogP contribution is 2.25. The molecule has 0 spiro atoms. The molecule has 2 amide bonds. The molecule has 0 N–H and O–H groups in total. The summed E-state index contributed by atoms with van der Waals surface area (Å²) in [5.74, 6) is 1.10. The van der Waals surface area contributed by atoms with Crippen molar-refractivity contribution in [2.24, 2.45) is 0 Å². The summed E-state index contributed by atoms with van der Waals surface area (Å²) in [6.45, 7) is 6.37. The van der Waals surface area contributed by atoms with Crippen molar-refractivity contribution in [1.29, 1.82) is 0 Å². The lowest BCUT2D eigenvalue weighted by Crippen LogP contribution is -2.52. The molecule has 1 aliphatic rings. The third-order valence-corrected chi connectivity index (χ3v) is 7.59. The first kappa shape index (κ1) is 27.8. The average molecular weight is 550 g/mol. The van der Waals surface area contributed by atoms with Gasteiger partial charge in [-0.3, -0.25) is 9.59 Å². The fourth-order valence-electron chi connectivity index (χ4n) is 5.02. The summed E-state index contributed by atoms with van der Waals surface area (Å²) in [6.07, 6.45) is 0. The molecule has 210 valence electrons. The Labute approximate surface area is 241 Å². The quantitative estimate of drug-likeness (QED) is 0.307. The van der Waals surface area contributed by atoms with Crippen LogP contribution in [-0.4, -0.2) is 71.6 Å². The monoisotopic (exact) mass is 549 g/mol. The SMILES string of the molecule is COc1cccc(C(=O)N(CC(=O)N2CCN(c3ccc(-c4ccc(C)cc4)nn3)CC2)C(C)c2ccccc2)c1. The van der Waals surface area contributed by atoms with Crippen LogP contribution in [0.5, 0.6) is 5.75 Å². The van der Waals surface area contributed by atoms with Crippen LogP contribution in [0.25, 0.3) is 11.3 Å². The van der Waals surface area contributed by atoms with Crippen molar-refractivity contribution in [3.05, 3.63) is 108 Å². The summed E-state index contributed by atoms with van der Waals surface area (Å²) in [5.41, 5.74) is 4.51. The molecule has 3 aromatic carbocycles. The van der Waals surface area contributed by atoms with Gasteiger partial charge in [0.15, 0.2) is 5.82 Å². The first-order chi connectivity index (χ1) is 19.9. The van der Waals surface area contributed by atoms with Crippen LogP contribution < -0.4 is 9.64 Å². The first-order valence-electron chi connectivity index (χ1n) is 13.9. The Morgan fingerprint density at radius 2 is 1.61 bits per heavy atom. The number of carbonyl (C=O) groups is 2. The van der Waals surface area contributed by atoms with Crippen molar-refractivity contribution in [3.63, 3.8) is 0 Å². The van der Waals surface area contributed by atoms with E-state index in [2.05, 4.69) is 34.2 Å². The van der Waals surface area contributed by atoms with Crippen LogP contribution in [0.4, 0.5) is 5.82 Å². The number of hydrogen-bond donors (Lipinski definition) is 0. The minimum atomic E-state index is -0.289. The van der Waals surface area contributed by atoms with Crippen LogP contribution in [0.15, 0.2) is 91.0 Å². The number of aryl methyl sites for hydroxylation is 1. The second-order valence-electron chi connectivity index (χ2n) is 10.3. The number of aromatic nitrogens is 2. The van der Waals surface area contributed by atoms with E-state index in [1.165, 1.54) is 5.56 Å². The van der Waals surface area contributed by atoms with Gasteiger partial charge in [-0.25, -0.2) is 0 Å². The van der Waals surface area contributed by atoms with Gasteiger partial charge in [0.2, 0.25) is 5.91 Å². The minimum Gasteiger partial charge on any atom is -0.497 e. The average Bonchev–Trinajstić information content (AvgIpc) is 3.04. The number of anilines is 1. The number of nitrogens with zero attached hydrogens (tertiary/aromatic N) is 5. The molecule has 1 aromatic heterocycles. The third kappa shape index (κ3) is 6.54. The predicted molar refractivity (Wildman–Crippen MR) is 160 cm³/mol. The Morgan fingerprint density at radius 3 is 2.27 bits per heavy atom. The van der Waals surface area contributed by atoms with Crippen molar-refractivity contribution < 1.29 is 14.3 Å². The van der Waals surface area contributed by atoms with Gasteiger partial charge in [-0.05, 0) is 49.7 Å². The van der Waals surface area contributed by atoms with E-state index in [0.717, 1.165) is 22.6 Å². The molecule has 1 atom stereocenters. The Bertz CT molecular complexity index is 1470. The molecule has 41 heavy (non-hydrogen) atoms. The van der Waals surface area contributed by atoms with Gasteiger partial charge >= 0.3 is 0 Å². The summed E-state index contributed by atoms with van der Waals surface area (Å²) in [7, 11) is 1.57. The molecule has 5 rings (SSSR count). The maximum atomic E-state index is 13.7. The van der Waals surface area contributed by atoms with Crippen LogP contribution in [0, 0.1) is 6.92 Å². The Kier molecular flexibility index (Phi) is 8.58. The number of ether oxygens (including phenoxy) is 1. The molecule has 0 saturated carbocycles. The molecule has 0 bridgehead atoms. The van der Waals surface area contributed by atoms with Crippen LogP contribution in [0.2, 0.25) is 0 Å². The number of carbonyl (C=O) groups excluding carboxylic acids is 2. The van der Waals surface area contributed by atoms with E-state index < -0.39 is 0 Å². The fourth-order valence-corrected chi connectivity index (χ4v) is 5.02. The molecule has 4 aromatic rings. The predicted octanol–water partition coefficient (Wildman–Crippen LogP) is 5.01. The highest BCUT2D eigenvalue weighted by atomic mass is 16.5. The molecule has 0 radical (unpaired) electrons. The molecule has 1 aliphatic heterocycles. The maximum absolute atomic E-state index is 13.7. The van der Waals surface area contributed by atoms with E-state index in [4.69, 9.17) is 4.74 Å². The number of hydrogen-bond acceptors (Lipinski definition) is 6. The molecule has 1 saturated heterocycles. The van der Waals surface area contributed by atoms with Crippen molar-refractivity contribution in [2.45, 2.75) is 19.9 Å². The van der Waals surface area contributed by atoms with Gasteiger partial charge in [-0.15, -0.1) is 10.2 Å². The van der Waals surface area contributed by atoms with E-state index in [9.17, 15) is 9.59 Å². The zero-order valence-electron chi connectivity index (χ0n) is 23.7. The molecular weight excluding hydrogens is 514 g/mol. The van der Waals surface area contributed by atoms with Crippen molar-refractivity contribution >= 4 is 17.6 Å². The van der Waals surface area contributed by atoms with Crippen molar-refractivity contribution in [3.8, 4) is 17.0 Å². The lowest BCUT2D eigenvalue weighted by atomic mass is 10.1. The highest BCUT2D eigenvalue weighted by molar-refractivity contribution is 5.97. The van der Waals surface area contributed by atoms with Crippen molar-refractivity contribution in [2.75, 3.05) is 44.7 Å². The zero-order valence-corrected chi connectivity index (χ0v) is 23.7. The highest BCUT2D eigenvalue weighted by Gasteiger charge is 2.29. The summed E-state index contributed by atoms with van der Waals surface area (Å²) in [4.78, 5) is 32.9. The standard InChI is InChI=1S/C33H35N5O3/c1-24-12-14-27(15-13-24)30-16-17-31(35-34-30)36-18-20-37(21-19-36)32(39)23-38(25(2)26-8-5-4-6-9-26)33(40)28-10-7-11-29(22-28)41-3/h4-17,22,25H,18-21,23H2,1-3H3. The van der Waals surface area contributed by atoms with Gasteiger partial charge in [-0.2, -0.15) is 0 Å². The van der Waals surface area contributed by atoms with E-state index in [1.807, 2.05) is 66.4 Å². The van der Waals surface area contributed by atoms with E-state index >= 15 is 0 Å². The molecule has 2 heterocycles. The fraction of sp³-hybridized carbons (Fsp3) is 0.273. The molecule has 1 fully saturated rings. The van der Waals surface area contributed by atoms with Gasteiger partial charge < -0.3 is 19.4 Å². The van der Waals surface area contributed by atoms with Crippen LogP contribution in [0.3, 0.4) is 0 Å². The largest absolute Gasteiger partial charge is 0.497 e. The topological polar surface area (TPSA) is 78.9 Å². The lowest BCUT2D eigenvalue weighted by molar-refractivity contribution is -0.132. The number of benzene rings is 3. The minimum absolute atomic E-state index is 0.0167. The Balaban J connectivity index is 1.25. The van der Waals surface area contributed by atoms with Crippen LogP contribution in [0.1, 0.15) is 34.5 Å². The summed E-state index contributed by atoms with van der Waals surface area (Å²) in [6, 6.07) is 28.7. The smallest absolute Gasteiger partial charge is 0.254 e. The molecule has 8 nitrogen and oxygen atoms in total. The zero-order chi connectivity index (χ0) is 28.8. The van der Waals surface area contributed by atoms with Gasteiger partial charge in [-0.1, -0.05) is 66.2 Å². The second-order valence-corrected chi connectivity index (χ2v) is 10.3. The Hall–Kier alpha value is -4.72. The third-order valence-electron chi connectivity index (χ3n) is 7.59. The normalized spacial score (nSPS) is 13.9. The van der Waals surface area contributed by atoms with Crippen molar-refractivity contribution in [1.82, 2.24) is 20.0 Å². The summed E-state index contributed by atoms with van der Waals surface area (Å²) >= 11 is 0. The van der Waals surface area contributed by atoms with E-state index in [0.29, 0.717) is 37.5 Å². The molecule has 0 aliphatic carbocycles. The van der Waals surface area contributed by atoms with E-state index in [1.54, 1.807) is 36.3 Å². The van der Waals surface area contributed by atoms with Gasteiger partial charge in [0, 0.05) is 37.3 Å². The second kappa shape index (κ2) is 12.6. The maximum Gasteiger partial charge on any atom is 0.254 e. The first-order valence-corrected chi connectivity index (χ1v) is 13.9. The van der Waals surface area contributed by atoms with Crippen LogP contribution in [-0.2, 0) is 4.79 Å². The van der Waals surface area contributed by atoms with Crippen LogP contribution >= 0.6 is 0 Å². The number of amides is 2. The molecule has 8 heteroatoms. The van der Waals surface area contributed by atoms with E-state index in [-0.39, 0.29) is 24.4 Å². The lowest BCUT2D eigenvalue weighted by Gasteiger charge is -2.37. The number of methoxy groups -OCH3 is 1.